The van der Waals surface area contributed by atoms with Crippen molar-refractivity contribution in [3.8, 4) is 17.2 Å². The molecule has 6 N–H and O–H groups in total. The van der Waals surface area contributed by atoms with Gasteiger partial charge in [0, 0.05) is 23.2 Å². The lowest BCUT2D eigenvalue weighted by Gasteiger charge is -2.16. The Morgan fingerprint density at radius 1 is 1.12 bits per heavy atom. The second-order valence-corrected chi connectivity index (χ2v) is 8.18. The van der Waals surface area contributed by atoms with Gasteiger partial charge in [-0.3, -0.25) is 4.79 Å². The van der Waals surface area contributed by atoms with E-state index in [4.69, 9.17) is 39.1 Å². The molecule has 0 aliphatic heterocycles. The Kier molecular flexibility index (Phi) is 5.97. The predicted molar refractivity (Wildman–Crippen MR) is 124 cm³/mol. The first-order chi connectivity index (χ1) is 15.2. The number of fused-ring (bicyclic) bond motifs is 1. The fourth-order valence-corrected chi connectivity index (χ4v) is 4.11. The molecule has 32 heavy (non-hydrogen) atoms. The van der Waals surface area contributed by atoms with E-state index in [9.17, 15) is 15.0 Å². The molecule has 0 aliphatic rings. The molecule has 0 aliphatic carbocycles. The van der Waals surface area contributed by atoms with Gasteiger partial charge in [0.25, 0.3) is 0 Å². The number of anilines is 1. The topological polar surface area (TPSA) is 136 Å². The van der Waals surface area contributed by atoms with Crippen LogP contribution in [0.4, 0.5) is 5.69 Å². The highest BCUT2D eigenvalue weighted by atomic mass is 35.5. The summed E-state index contributed by atoms with van der Waals surface area (Å²) < 4.78 is 6.05. The van der Waals surface area contributed by atoms with Crippen LogP contribution in [0.1, 0.15) is 16.7 Å². The summed E-state index contributed by atoms with van der Waals surface area (Å²) in [6.07, 6.45) is 0.164. The van der Waals surface area contributed by atoms with Gasteiger partial charge in [-0.05, 0) is 47.9 Å². The maximum absolute atomic E-state index is 11.3. The maximum atomic E-state index is 11.3. The fraction of sp³-hybridized carbons (Fsp3) is 0.130. The molecule has 0 spiro atoms. The molecule has 0 saturated carbocycles. The van der Waals surface area contributed by atoms with Gasteiger partial charge in [-0.15, -0.1) is 0 Å². The molecule has 0 fully saturated rings. The zero-order valence-corrected chi connectivity index (χ0v) is 18.2. The summed E-state index contributed by atoms with van der Waals surface area (Å²) in [5.74, 6) is -1.02. The van der Waals surface area contributed by atoms with Crippen molar-refractivity contribution in [1.29, 1.82) is 0 Å². The Bertz CT molecular complexity index is 1320. The van der Waals surface area contributed by atoms with Gasteiger partial charge in [0.05, 0.1) is 10.0 Å². The summed E-state index contributed by atoms with van der Waals surface area (Å²) in [6.45, 7) is 0. The molecule has 1 heterocycles. The van der Waals surface area contributed by atoms with Gasteiger partial charge in [-0.25, -0.2) is 4.98 Å². The number of aliphatic carboxylic acids is 1. The number of hydrogen-bond acceptors (Lipinski definition) is 6. The first kappa shape index (κ1) is 22.0. The highest BCUT2D eigenvalue weighted by Crippen LogP contribution is 2.39. The van der Waals surface area contributed by atoms with Gasteiger partial charge < -0.3 is 26.1 Å². The smallest absolute Gasteiger partial charge is 0.320 e. The Hall–Kier alpha value is -3.26. The Labute approximate surface area is 193 Å². The number of halogens is 2. The van der Waals surface area contributed by atoms with Crippen LogP contribution < -0.4 is 11.5 Å². The second kappa shape index (κ2) is 8.70. The minimum Gasteiger partial charge on any atom is -0.505 e. The van der Waals surface area contributed by atoms with Crippen LogP contribution in [-0.2, 0) is 17.6 Å². The van der Waals surface area contributed by atoms with Crippen LogP contribution in [0.5, 0.6) is 5.75 Å². The van der Waals surface area contributed by atoms with Crippen molar-refractivity contribution >= 4 is 46.0 Å². The standard InChI is InChI=1S/C23H19Cl2N3O4/c24-16-8-12(9-17(27)23(30)31)15(19(25)20(16)29)7-13-6-14(26)10-18-21(13)32-22(28-18)11-4-2-1-3-5-11/h1-6,8,10,17,29H,7,9,26-27H2,(H,30,31). The summed E-state index contributed by atoms with van der Waals surface area (Å²) in [5, 5.41) is 19.5. The van der Waals surface area contributed by atoms with Crippen molar-refractivity contribution in [3.63, 3.8) is 0 Å². The third-order valence-corrected chi connectivity index (χ3v) is 5.82. The summed E-state index contributed by atoms with van der Waals surface area (Å²) in [5.41, 5.74) is 15.8. The quantitative estimate of drug-likeness (QED) is 0.300. The molecular formula is C23H19Cl2N3O4. The van der Waals surface area contributed by atoms with Crippen LogP contribution in [0.3, 0.4) is 0 Å². The van der Waals surface area contributed by atoms with Crippen molar-refractivity contribution in [2.45, 2.75) is 18.9 Å². The highest BCUT2D eigenvalue weighted by Gasteiger charge is 2.22. The number of rotatable bonds is 6. The Morgan fingerprint density at radius 2 is 1.84 bits per heavy atom. The first-order valence-electron chi connectivity index (χ1n) is 9.66. The van der Waals surface area contributed by atoms with Crippen molar-refractivity contribution in [1.82, 2.24) is 4.98 Å². The fourth-order valence-electron chi connectivity index (χ4n) is 3.55. The van der Waals surface area contributed by atoms with E-state index in [1.807, 2.05) is 30.3 Å². The number of carbonyl (C=O) groups is 1. The number of nitrogens with zero attached hydrogens (tertiary/aromatic N) is 1. The number of hydrogen-bond donors (Lipinski definition) is 4. The number of nitrogens with two attached hydrogens (primary N) is 2. The van der Waals surface area contributed by atoms with E-state index in [2.05, 4.69) is 4.98 Å². The Balaban J connectivity index is 1.83. The number of carboxylic acid groups (broad SMARTS) is 1. The minimum absolute atomic E-state index is 0.00934. The van der Waals surface area contributed by atoms with E-state index >= 15 is 0 Å². The van der Waals surface area contributed by atoms with E-state index in [1.54, 1.807) is 12.1 Å². The van der Waals surface area contributed by atoms with Crippen LogP contribution in [0.2, 0.25) is 10.0 Å². The largest absolute Gasteiger partial charge is 0.505 e. The molecule has 4 aromatic rings. The number of aromatic nitrogens is 1. The summed E-state index contributed by atoms with van der Waals surface area (Å²) in [4.78, 5) is 15.8. The van der Waals surface area contributed by atoms with Crippen LogP contribution in [0, 0.1) is 0 Å². The molecular weight excluding hydrogens is 453 g/mol. The summed E-state index contributed by atoms with van der Waals surface area (Å²) in [7, 11) is 0. The number of phenols is 1. The zero-order valence-electron chi connectivity index (χ0n) is 16.7. The lowest BCUT2D eigenvalue weighted by Crippen LogP contribution is -2.32. The van der Waals surface area contributed by atoms with E-state index < -0.39 is 12.0 Å². The zero-order chi connectivity index (χ0) is 23.0. The molecule has 4 rings (SSSR count). The third-order valence-electron chi connectivity index (χ3n) is 5.12. The van der Waals surface area contributed by atoms with Crippen LogP contribution in [-0.4, -0.2) is 27.2 Å². The Morgan fingerprint density at radius 3 is 2.53 bits per heavy atom. The monoisotopic (exact) mass is 471 g/mol. The van der Waals surface area contributed by atoms with E-state index in [1.165, 1.54) is 6.07 Å². The second-order valence-electron chi connectivity index (χ2n) is 7.40. The normalized spacial score (nSPS) is 12.2. The minimum atomic E-state index is -1.17. The molecule has 164 valence electrons. The number of phenolic OH excluding ortho intramolecular Hbond substituents is 1. The molecule has 1 atom stereocenters. The van der Waals surface area contributed by atoms with Crippen molar-refractivity contribution in [2.75, 3.05) is 5.73 Å². The number of nitrogen functional groups attached to an aromatic ring is 1. The maximum Gasteiger partial charge on any atom is 0.320 e. The van der Waals surface area contributed by atoms with Crippen molar-refractivity contribution in [2.24, 2.45) is 5.73 Å². The molecule has 9 heteroatoms. The average Bonchev–Trinajstić information content (AvgIpc) is 3.19. The van der Waals surface area contributed by atoms with Gasteiger partial charge in [0.15, 0.2) is 11.3 Å². The van der Waals surface area contributed by atoms with Crippen LogP contribution >= 0.6 is 23.2 Å². The third kappa shape index (κ3) is 4.23. The number of aromatic hydroxyl groups is 1. The molecule has 0 radical (unpaired) electrons. The molecule has 1 aromatic heterocycles. The highest BCUT2D eigenvalue weighted by molar-refractivity contribution is 6.37. The molecule has 3 aromatic carbocycles. The van der Waals surface area contributed by atoms with Crippen molar-refractivity contribution in [3.05, 3.63) is 75.3 Å². The number of benzene rings is 3. The molecule has 7 nitrogen and oxygen atoms in total. The van der Waals surface area contributed by atoms with Gasteiger partial charge in [-0.2, -0.15) is 0 Å². The van der Waals surface area contributed by atoms with Crippen LogP contribution in [0.15, 0.2) is 52.9 Å². The molecule has 0 saturated heterocycles. The van der Waals surface area contributed by atoms with E-state index in [0.717, 1.165) is 5.56 Å². The average molecular weight is 472 g/mol. The van der Waals surface area contributed by atoms with E-state index in [-0.39, 0.29) is 28.6 Å². The lowest BCUT2D eigenvalue weighted by atomic mass is 9.94. The number of carboxylic acids is 1. The summed E-state index contributed by atoms with van der Waals surface area (Å²) >= 11 is 12.5. The number of oxazole rings is 1. The van der Waals surface area contributed by atoms with Gasteiger partial charge in [0.2, 0.25) is 5.89 Å². The van der Waals surface area contributed by atoms with Gasteiger partial charge in [-0.1, -0.05) is 41.4 Å². The lowest BCUT2D eigenvalue weighted by molar-refractivity contribution is -0.138. The first-order valence-corrected chi connectivity index (χ1v) is 10.4. The van der Waals surface area contributed by atoms with Crippen molar-refractivity contribution < 1.29 is 19.4 Å². The molecule has 1 unspecified atom stereocenters. The summed E-state index contributed by atoms with van der Waals surface area (Å²) in [6, 6.07) is 13.2. The van der Waals surface area contributed by atoms with E-state index in [0.29, 0.717) is 39.4 Å². The van der Waals surface area contributed by atoms with Crippen LogP contribution in [0.25, 0.3) is 22.6 Å². The van der Waals surface area contributed by atoms with Gasteiger partial charge in [0.1, 0.15) is 11.6 Å². The predicted octanol–water partition coefficient (Wildman–Crippen LogP) is 4.63. The molecule has 0 amide bonds. The molecule has 0 bridgehead atoms. The van der Waals surface area contributed by atoms with Gasteiger partial charge >= 0.3 is 5.97 Å². The SMILES string of the molecule is Nc1cc(Cc2c(CC(N)C(=O)O)cc(Cl)c(O)c2Cl)c2oc(-c3ccccc3)nc2c1.